The molecule has 3 aliphatic carbocycles. The normalized spacial score (nSPS) is 27.2. The van der Waals surface area contributed by atoms with Gasteiger partial charge in [0.15, 0.2) is 6.10 Å². The van der Waals surface area contributed by atoms with E-state index in [1.54, 1.807) is 0 Å². The van der Waals surface area contributed by atoms with Crippen molar-refractivity contribution in [1.82, 2.24) is 0 Å². The van der Waals surface area contributed by atoms with Crippen LogP contribution in [0, 0.1) is 18.8 Å². The summed E-state index contributed by atoms with van der Waals surface area (Å²) < 4.78 is 12.8. The van der Waals surface area contributed by atoms with E-state index in [1.807, 2.05) is 12.1 Å². The van der Waals surface area contributed by atoms with Gasteiger partial charge >= 0.3 is 11.9 Å². The zero-order valence-electron chi connectivity index (χ0n) is 21.8. The third kappa shape index (κ3) is 5.10. The molecular weight excluding hydrogens is 448 g/mol. The second-order valence-corrected chi connectivity index (χ2v) is 11.2. The molecule has 3 aliphatic rings. The minimum Gasteiger partial charge on any atom is -0.458 e. The van der Waals surface area contributed by atoms with Gasteiger partial charge in [-0.25, -0.2) is 0 Å². The molecule has 0 N–H and O–H groups in total. The van der Waals surface area contributed by atoms with Crippen LogP contribution in [-0.2, 0) is 19.1 Å². The van der Waals surface area contributed by atoms with E-state index in [9.17, 15) is 9.59 Å². The lowest BCUT2D eigenvalue weighted by Crippen LogP contribution is -2.48. The summed E-state index contributed by atoms with van der Waals surface area (Å²) in [6.07, 6.45) is 9.19. The van der Waals surface area contributed by atoms with Crippen molar-refractivity contribution >= 4 is 11.9 Å². The molecule has 0 bridgehead atoms. The van der Waals surface area contributed by atoms with Gasteiger partial charge in [-0.1, -0.05) is 94.0 Å². The highest BCUT2D eigenvalue weighted by molar-refractivity contribution is 5.74. The predicted octanol–water partition coefficient (Wildman–Crippen LogP) is 7.23. The Morgan fingerprint density at radius 3 is 1.67 bits per heavy atom. The Bertz CT molecular complexity index is 1060. The van der Waals surface area contributed by atoms with E-state index in [-0.39, 0.29) is 35.6 Å². The second kappa shape index (κ2) is 11.2. The highest BCUT2D eigenvalue weighted by atomic mass is 16.6. The van der Waals surface area contributed by atoms with Crippen LogP contribution in [0.25, 0.3) is 0 Å². The second-order valence-electron chi connectivity index (χ2n) is 11.2. The van der Waals surface area contributed by atoms with E-state index >= 15 is 0 Å². The summed E-state index contributed by atoms with van der Waals surface area (Å²) in [6.45, 7) is 4.23. The van der Waals surface area contributed by atoms with Gasteiger partial charge in [-0.05, 0) is 54.9 Å². The number of carbonyl (C=O) groups excluding carboxylic acids is 2. The van der Waals surface area contributed by atoms with E-state index < -0.39 is 12.2 Å². The largest absolute Gasteiger partial charge is 0.458 e. The molecule has 2 aromatic rings. The third-order valence-electron chi connectivity index (χ3n) is 8.87. The number of aryl methyl sites for hydroxylation is 1. The number of ether oxygens (including phenoxy) is 2. The molecule has 4 atom stereocenters. The van der Waals surface area contributed by atoms with Crippen molar-refractivity contribution in [1.29, 1.82) is 0 Å². The summed E-state index contributed by atoms with van der Waals surface area (Å²) in [5.41, 5.74) is 4.64. The van der Waals surface area contributed by atoms with E-state index in [0.29, 0.717) is 0 Å². The SMILES string of the molecule is Cc1ccccc1[C@H]1c2ccccc2[C@H](C)C(OC(=O)C2CCCCC2)C1OC(=O)C1CCCCC1. The van der Waals surface area contributed by atoms with E-state index in [2.05, 4.69) is 50.2 Å². The number of carbonyl (C=O) groups is 2. The summed E-state index contributed by atoms with van der Waals surface area (Å²) in [4.78, 5) is 26.9. The Kier molecular flexibility index (Phi) is 7.79. The zero-order valence-corrected chi connectivity index (χ0v) is 21.8. The minimum absolute atomic E-state index is 0.0465. The lowest BCUT2D eigenvalue weighted by atomic mass is 9.70. The van der Waals surface area contributed by atoms with Crippen LogP contribution in [-0.4, -0.2) is 24.1 Å². The molecule has 2 unspecified atom stereocenters. The number of fused-ring (bicyclic) bond motifs is 1. The molecule has 2 aromatic carbocycles. The molecule has 2 fully saturated rings. The number of hydrogen-bond donors (Lipinski definition) is 0. The van der Waals surface area contributed by atoms with Crippen LogP contribution >= 0.6 is 0 Å². The summed E-state index contributed by atoms with van der Waals surface area (Å²) in [5.74, 6) is -0.571. The fraction of sp³-hybridized carbons (Fsp3) is 0.562. The predicted molar refractivity (Wildman–Crippen MR) is 141 cm³/mol. The maximum absolute atomic E-state index is 13.5. The number of benzene rings is 2. The fourth-order valence-corrected chi connectivity index (χ4v) is 6.76. The average Bonchev–Trinajstić information content (AvgIpc) is 2.92. The minimum atomic E-state index is -0.544. The van der Waals surface area contributed by atoms with E-state index in [4.69, 9.17) is 9.47 Å². The van der Waals surface area contributed by atoms with Gasteiger partial charge < -0.3 is 9.47 Å². The van der Waals surface area contributed by atoms with E-state index in [1.165, 1.54) is 24.0 Å². The fourth-order valence-electron chi connectivity index (χ4n) is 6.76. The van der Waals surface area contributed by atoms with E-state index in [0.717, 1.165) is 62.5 Å². The van der Waals surface area contributed by atoms with Crippen LogP contribution in [0.3, 0.4) is 0 Å². The van der Waals surface area contributed by atoms with Gasteiger partial charge in [0.2, 0.25) is 0 Å². The number of rotatable bonds is 5. The van der Waals surface area contributed by atoms with Gasteiger partial charge in [0, 0.05) is 5.92 Å². The van der Waals surface area contributed by atoms with Gasteiger partial charge in [0.1, 0.15) is 6.10 Å². The van der Waals surface area contributed by atoms with Crippen LogP contribution in [0.15, 0.2) is 48.5 Å². The lowest BCUT2D eigenvalue weighted by Gasteiger charge is -2.43. The molecule has 0 aliphatic heterocycles. The summed E-state index contributed by atoms with van der Waals surface area (Å²) in [7, 11) is 0. The first-order chi connectivity index (χ1) is 17.5. The maximum Gasteiger partial charge on any atom is 0.309 e. The Labute approximate surface area is 215 Å². The highest BCUT2D eigenvalue weighted by Crippen LogP contribution is 2.46. The van der Waals surface area contributed by atoms with Crippen molar-refractivity contribution in [3.8, 4) is 0 Å². The summed E-state index contributed by atoms with van der Waals surface area (Å²) in [5, 5.41) is 0. The van der Waals surface area contributed by atoms with Crippen LogP contribution < -0.4 is 0 Å². The summed E-state index contributed by atoms with van der Waals surface area (Å²) in [6, 6.07) is 16.7. The van der Waals surface area contributed by atoms with Crippen LogP contribution in [0.1, 0.15) is 105 Å². The molecule has 0 radical (unpaired) electrons. The number of esters is 2. The molecule has 4 nitrogen and oxygen atoms in total. The van der Waals surface area contributed by atoms with Gasteiger partial charge in [0.25, 0.3) is 0 Å². The first kappa shape index (κ1) is 25.0. The number of hydrogen-bond acceptors (Lipinski definition) is 4. The van der Waals surface area contributed by atoms with Crippen molar-refractivity contribution in [2.24, 2.45) is 11.8 Å². The molecule has 192 valence electrons. The zero-order chi connectivity index (χ0) is 25.1. The molecule has 5 rings (SSSR count). The van der Waals surface area contributed by atoms with Crippen molar-refractivity contribution in [3.05, 3.63) is 70.8 Å². The topological polar surface area (TPSA) is 52.6 Å². The Balaban J connectivity index is 1.54. The van der Waals surface area contributed by atoms with Crippen molar-refractivity contribution in [2.45, 2.75) is 102 Å². The van der Waals surface area contributed by atoms with Crippen molar-refractivity contribution in [3.63, 3.8) is 0 Å². The monoisotopic (exact) mass is 488 g/mol. The van der Waals surface area contributed by atoms with Crippen LogP contribution in [0.4, 0.5) is 0 Å². The van der Waals surface area contributed by atoms with Gasteiger partial charge in [-0.15, -0.1) is 0 Å². The first-order valence-electron chi connectivity index (χ1n) is 14.1. The molecule has 36 heavy (non-hydrogen) atoms. The molecule has 0 saturated heterocycles. The molecular formula is C32H40O4. The third-order valence-corrected chi connectivity index (χ3v) is 8.87. The highest BCUT2D eigenvalue weighted by Gasteiger charge is 2.47. The quantitative estimate of drug-likeness (QED) is 0.417. The molecule has 0 amide bonds. The Hall–Kier alpha value is -2.62. The van der Waals surface area contributed by atoms with Gasteiger partial charge in [-0.3, -0.25) is 9.59 Å². The standard InChI is InChI=1S/C32H40O4/c1-21-13-9-10-18-25(21)28-27-20-12-11-19-26(27)22(2)29(35-31(33)23-14-5-3-6-15-23)30(28)36-32(34)24-16-7-4-8-17-24/h9-13,18-20,22-24,28-30H,3-8,14-17H2,1-2H3/t22-,28-,29?,30?/m0/s1. The van der Waals surface area contributed by atoms with Crippen LogP contribution in [0.5, 0.6) is 0 Å². The molecule has 0 spiro atoms. The maximum atomic E-state index is 13.5. The molecule has 0 heterocycles. The molecule has 2 saturated carbocycles. The smallest absolute Gasteiger partial charge is 0.309 e. The average molecular weight is 489 g/mol. The summed E-state index contributed by atoms with van der Waals surface area (Å²) >= 11 is 0. The van der Waals surface area contributed by atoms with Gasteiger partial charge in [-0.2, -0.15) is 0 Å². The Morgan fingerprint density at radius 1 is 0.639 bits per heavy atom. The molecule has 4 heteroatoms. The van der Waals surface area contributed by atoms with Crippen molar-refractivity contribution < 1.29 is 19.1 Å². The first-order valence-corrected chi connectivity index (χ1v) is 14.1. The lowest BCUT2D eigenvalue weighted by molar-refractivity contribution is -0.178. The van der Waals surface area contributed by atoms with Crippen molar-refractivity contribution in [2.75, 3.05) is 0 Å². The molecule has 0 aromatic heterocycles. The Morgan fingerprint density at radius 2 is 1.11 bits per heavy atom. The van der Waals surface area contributed by atoms with Crippen LogP contribution in [0.2, 0.25) is 0 Å². The van der Waals surface area contributed by atoms with Gasteiger partial charge in [0.05, 0.1) is 17.8 Å².